The van der Waals surface area contributed by atoms with Crippen LogP contribution < -0.4 is 5.32 Å². The highest BCUT2D eigenvalue weighted by molar-refractivity contribution is 7.89. The molecule has 0 bridgehead atoms. The molecule has 3 heterocycles. The van der Waals surface area contributed by atoms with E-state index in [-0.39, 0.29) is 16.8 Å². The molecule has 0 saturated carbocycles. The molecule has 0 spiro atoms. The van der Waals surface area contributed by atoms with Crippen LogP contribution in [0.2, 0.25) is 0 Å². The Kier molecular flexibility index (Phi) is 5.28. The Balaban J connectivity index is 1.47. The number of nitrogens with one attached hydrogen (secondary N) is 1. The van der Waals surface area contributed by atoms with Crippen LogP contribution in [-0.4, -0.2) is 53.9 Å². The summed E-state index contributed by atoms with van der Waals surface area (Å²) in [6.45, 7) is 1.07. The van der Waals surface area contributed by atoms with Crippen LogP contribution in [0.1, 0.15) is 30.2 Å². The number of carbonyl (C=O) groups is 1. The van der Waals surface area contributed by atoms with Crippen LogP contribution in [0.15, 0.2) is 47.5 Å². The summed E-state index contributed by atoms with van der Waals surface area (Å²) in [5, 5.41) is 13.3. The molecular formula is C20H24N4O4S. The number of hydrogen-bond acceptors (Lipinski definition) is 5. The van der Waals surface area contributed by atoms with Gasteiger partial charge in [-0.05, 0) is 54.7 Å². The van der Waals surface area contributed by atoms with Crippen molar-refractivity contribution in [2.24, 2.45) is 5.92 Å². The molecule has 2 aliphatic rings. The van der Waals surface area contributed by atoms with Crippen LogP contribution in [0.3, 0.4) is 0 Å². The maximum absolute atomic E-state index is 13.1. The van der Waals surface area contributed by atoms with Gasteiger partial charge in [-0.15, -0.1) is 0 Å². The highest BCUT2D eigenvalue weighted by Crippen LogP contribution is 2.33. The van der Waals surface area contributed by atoms with E-state index in [9.17, 15) is 18.3 Å². The van der Waals surface area contributed by atoms with Gasteiger partial charge in [-0.3, -0.25) is 4.98 Å². The molecule has 154 valence electrons. The molecule has 0 radical (unpaired) electrons. The third-order valence-electron chi connectivity index (χ3n) is 5.65. The van der Waals surface area contributed by atoms with Gasteiger partial charge in [0.2, 0.25) is 10.0 Å². The van der Waals surface area contributed by atoms with Gasteiger partial charge in [0.25, 0.3) is 0 Å². The van der Waals surface area contributed by atoms with Gasteiger partial charge in [0.15, 0.2) is 0 Å². The Hall–Kier alpha value is -2.49. The minimum Gasteiger partial charge on any atom is -0.387 e. The van der Waals surface area contributed by atoms with E-state index in [1.54, 1.807) is 37.5 Å². The lowest BCUT2D eigenvalue weighted by Crippen LogP contribution is -2.40. The largest absolute Gasteiger partial charge is 0.387 e. The van der Waals surface area contributed by atoms with Gasteiger partial charge in [0.1, 0.15) is 0 Å². The monoisotopic (exact) mass is 416 g/mol. The highest BCUT2D eigenvalue weighted by Gasteiger charge is 2.33. The van der Waals surface area contributed by atoms with Crippen LogP contribution in [0.5, 0.6) is 0 Å². The molecule has 1 unspecified atom stereocenters. The number of sulfonamides is 1. The Morgan fingerprint density at radius 1 is 1.21 bits per heavy atom. The predicted molar refractivity (Wildman–Crippen MR) is 108 cm³/mol. The third kappa shape index (κ3) is 3.85. The van der Waals surface area contributed by atoms with Crippen LogP contribution in [0.25, 0.3) is 0 Å². The number of urea groups is 1. The van der Waals surface area contributed by atoms with E-state index in [4.69, 9.17) is 0 Å². The summed E-state index contributed by atoms with van der Waals surface area (Å²) in [7, 11) is -1.97. The fraction of sp³-hybridized carbons (Fsp3) is 0.400. The summed E-state index contributed by atoms with van der Waals surface area (Å²) in [5.74, 6) is -0.0243. The first-order chi connectivity index (χ1) is 13.9. The molecule has 2 N–H and O–H groups in total. The summed E-state index contributed by atoms with van der Waals surface area (Å²) in [5.41, 5.74) is 2.03. The van der Waals surface area contributed by atoms with Crippen molar-refractivity contribution in [2.45, 2.75) is 30.4 Å². The third-order valence-corrected chi connectivity index (χ3v) is 7.54. The zero-order valence-electron chi connectivity index (χ0n) is 16.2. The van der Waals surface area contributed by atoms with Gasteiger partial charge >= 0.3 is 6.03 Å². The predicted octanol–water partition coefficient (Wildman–Crippen LogP) is 2.19. The number of aliphatic hydroxyl groups excluding tert-OH is 1. The normalized spacial score (nSPS) is 19.5. The van der Waals surface area contributed by atoms with Gasteiger partial charge in [-0.25, -0.2) is 13.2 Å². The molecule has 9 heteroatoms. The van der Waals surface area contributed by atoms with E-state index in [0.29, 0.717) is 43.9 Å². The van der Waals surface area contributed by atoms with Gasteiger partial charge < -0.3 is 15.3 Å². The molecule has 0 aliphatic carbocycles. The Morgan fingerprint density at radius 3 is 2.66 bits per heavy atom. The van der Waals surface area contributed by atoms with Gasteiger partial charge in [0.05, 0.1) is 16.7 Å². The maximum atomic E-state index is 13.1. The molecular weight excluding hydrogens is 392 g/mol. The van der Waals surface area contributed by atoms with E-state index in [2.05, 4.69) is 10.3 Å². The summed E-state index contributed by atoms with van der Waals surface area (Å²) in [6.07, 6.45) is 2.10. The minimum atomic E-state index is -3.64. The number of aromatic nitrogens is 1. The van der Waals surface area contributed by atoms with Gasteiger partial charge in [-0.1, -0.05) is 6.07 Å². The van der Waals surface area contributed by atoms with E-state index in [1.807, 2.05) is 6.07 Å². The smallest absolute Gasteiger partial charge is 0.321 e. The number of rotatable bonds is 4. The van der Waals surface area contributed by atoms with E-state index in [0.717, 1.165) is 5.56 Å². The minimum absolute atomic E-state index is 0.0243. The van der Waals surface area contributed by atoms with Crippen LogP contribution >= 0.6 is 0 Å². The van der Waals surface area contributed by atoms with Crippen molar-refractivity contribution in [3.8, 4) is 0 Å². The van der Waals surface area contributed by atoms with Gasteiger partial charge in [-0.2, -0.15) is 4.31 Å². The number of hydrogen-bond donors (Lipinski definition) is 2. The van der Waals surface area contributed by atoms with Crippen molar-refractivity contribution in [1.29, 1.82) is 0 Å². The van der Waals surface area contributed by atoms with Crippen molar-refractivity contribution in [2.75, 3.05) is 25.5 Å². The second kappa shape index (κ2) is 7.74. The molecule has 1 fully saturated rings. The molecule has 1 saturated heterocycles. The number of fused-ring (bicyclic) bond motifs is 1. The fourth-order valence-electron chi connectivity index (χ4n) is 3.89. The number of piperidine rings is 1. The molecule has 2 aliphatic heterocycles. The quantitative estimate of drug-likeness (QED) is 0.795. The number of pyridine rings is 1. The zero-order valence-corrected chi connectivity index (χ0v) is 17.0. The molecule has 1 aromatic carbocycles. The molecule has 8 nitrogen and oxygen atoms in total. The van der Waals surface area contributed by atoms with Crippen molar-refractivity contribution in [1.82, 2.24) is 14.2 Å². The lowest BCUT2D eigenvalue weighted by Gasteiger charge is -2.33. The number of aliphatic hydroxyl groups is 1. The van der Waals surface area contributed by atoms with E-state index < -0.39 is 16.1 Å². The topological polar surface area (TPSA) is 103 Å². The summed E-state index contributed by atoms with van der Waals surface area (Å²) < 4.78 is 27.7. The summed E-state index contributed by atoms with van der Waals surface area (Å²) >= 11 is 0. The molecule has 1 aromatic heterocycles. The average Bonchev–Trinajstić information content (AvgIpc) is 2.74. The van der Waals surface area contributed by atoms with Crippen LogP contribution in [0, 0.1) is 5.92 Å². The number of carbonyl (C=O) groups excluding carboxylic acids is 1. The first kappa shape index (κ1) is 19.8. The number of anilines is 1. The number of nitrogens with zero attached hydrogens (tertiary/aromatic N) is 3. The number of amides is 2. The summed E-state index contributed by atoms with van der Waals surface area (Å²) in [4.78, 5) is 17.7. The Bertz CT molecular complexity index is 1000. The first-order valence-electron chi connectivity index (χ1n) is 9.60. The fourth-order valence-corrected chi connectivity index (χ4v) is 5.42. The first-order valence-corrected chi connectivity index (χ1v) is 11.0. The standard InChI is InChI=1S/C20H24N4O4S/c1-23-13-15-12-16(5-6-17(15)22-20(23)26)29(27,28)24-10-7-14(8-11-24)19(25)18-4-2-3-9-21-18/h2-6,9,12,14,19,25H,7-8,10-11,13H2,1H3,(H,22,26). The average molecular weight is 417 g/mol. The lowest BCUT2D eigenvalue weighted by atomic mass is 9.90. The molecule has 2 amide bonds. The zero-order chi connectivity index (χ0) is 20.6. The SMILES string of the molecule is CN1Cc2cc(S(=O)(=O)N3CCC(C(O)c4ccccn4)CC3)ccc2NC1=O. The maximum Gasteiger partial charge on any atom is 0.321 e. The molecule has 29 heavy (non-hydrogen) atoms. The second-order valence-electron chi connectivity index (χ2n) is 7.55. The highest BCUT2D eigenvalue weighted by atomic mass is 32.2. The second-order valence-corrected chi connectivity index (χ2v) is 9.48. The van der Waals surface area contributed by atoms with Crippen molar-refractivity contribution >= 4 is 21.7 Å². The number of benzene rings is 1. The molecule has 2 aromatic rings. The van der Waals surface area contributed by atoms with Crippen LogP contribution in [-0.2, 0) is 16.6 Å². The van der Waals surface area contributed by atoms with Crippen molar-refractivity contribution in [3.05, 3.63) is 53.9 Å². The van der Waals surface area contributed by atoms with Crippen LogP contribution in [0.4, 0.5) is 10.5 Å². The van der Waals surface area contributed by atoms with Crippen molar-refractivity contribution in [3.63, 3.8) is 0 Å². The Labute approximate surface area is 170 Å². The molecule has 1 atom stereocenters. The molecule has 4 rings (SSSR count). The van der Waals surface area contributed by atoms with Crippen molar-refractivity contribution < 1.29 is 18.3 Å². The Morgan fingerprint density at radius 2 is 1.97 bits per heavy atom. The lowest BCUT2D eigenvalue weighted by molar-refractivity contribution is 0.0726. The van der Waals surface area contributed by atoms with E-state index >= 15 is 0 Å². The van der Waals surface area contributed by atoms with Gasteiger partial charge in [0, 0.05) is 38.6 Å². The summed E-state index contributed by atoms with van der Waals surface area (Å²) in [6, 6.07) is 10.0. The van der Waals surface area contributed by atoms with E-state index in [1.165, 1.54) is 15.3 Å².